The Morgan fingerprint density at radius 1 is 1.05 bits per heavy atom. The van der Waals surface area contributed by atoms with Crippen LogP contribution in [-0.2, 0) is 0 Å². The Morgan fingerprint density at radius 2 is 1.64 bits per heavy atom. The summed E-state index contributed by atoms with van der Waals surface area (Å²) in [5.41, 5.74) is 4.44. The van der Waals surface area contributed by atoms with Crippen molar-refractivity contribution < 1.29 is 0 Å². The van der Waals surface area contributed by atoms with Gasteiger partial charge in [-0.25, -0.2) is 0 Å². The Hall–Kier alpha value is -0.873. The second kappa shape index (κ2) is 6.71. The molecule has 4 heteroatoms. The van der Waals surface area contributed by atoms with Gasteiger partial charge in [0.25, 0.3) is 0 Å². The summed E-state index contributed by atoms with van der Waals surface area (Å²) >= 11 is 3.35. The number of halogens is 1. The first-order valence-corrected chi connectivity index (χ1v) is 11.2. The number of benzene rings is 1. The summed E-state index contributed by atoms with van der Waals surface area (Å²) < 4.78 is 2.42. The van der Waals surface area contributed by atoms with E-state index in [-0.39, 0.29) is 0 Å². The third kappa shape index (κ3) is 2.71. The Kier molecular flexibility index (Phi) is 5.33. The van der Waals surface area contributed by atoms with Gasteiger partial charge < -0.3 is 0 Å². The van der Waals surface area contributed by atoms with Crippen LogP contribution in [0.5, 0.6) is 0 Å². The lowest BCUT2D eigenvalue weighted by molar-refractivity contribution is 0.736. The van der Waals surface area contributed by atoms with Gasteiger partial charge in [-0.1, -0.05) is 63.5 Å². The van der Waals surface area contributed by atoms with Gasteiger partial charge in [-0.3, -0.25) is 4.35 Å². The molecule has 0 spiro atoms. The molecule has 0 saturated carbocycles. The fourth-order valence-corrected chi connectivity index (χ4v) is 10.9. The minimum Gasteiger partial charge on any atom is -0.293 e. The van der Waals surface area contributed by atoms with E-state index in [9.17, 15) is 0 Å². The van der Waals surface area contributed by atoms with Crippen molar-refractivity contribution in [3.63, 3.8) is 0 Å². The topological polar surface area (TPSA) is 17.8 Å². The van der Waals surface area contributed by atoms with E-state index < -0.39 is 8.24 Å². The number of hydrogen-bond donors (Lipinski definition) is 0. The Labute approximate surface area is 143 Å². The number of hydrogen-bond acceptors (Lipinski definition) is 1. The number of fused-ring (bicyclic) bond motifs is 1. The van der Waals surface area contributed by atoms with Gasteiger partial charge >= 0.3 is 0 Å². The van der Waals surface area contributed by atoms with Crippen molar-refractivity contribution in [2.45, 2.75) is 58.2 Å². The first-order chi connectivity index (χ1) is 10.4. The van der Waals surface area contributed by atoms with Crippen LogP contribution < -0.4 is 0 Å². The molecule has 0 bridgehead atoms. The first-order valence-electron chi connectivity index (χ1n) is 8.10. The molecule has 0 fully saturated rings. The van der Waals surface area contributed by atoms with E-state index in [1.54, 1.807) is 0 Å². The highest BCUT2D eigenvalue weighted by Crippen LogP contribution is 2.43. The zero-order valence-corrected chi connectivity index (χ0v) is 17.1. The smallest absolute Gasteiger partial charge is 0.193 e. The SMILES string of the molecule is CC(C)[Si](C(C)C)(C(C)C)n1ncc2cc(/C=C/Br)ccc21. The minimum absolute atomic E-state index is 0.651. The van der Waals surface area contributed by atoms with Crippen LogP contribution in [0.2, 0.25) is 16.6 Å². The molecule has 0 amide bonds. The maximum Gasteiger partial charge on any atom is 0.193 e. The van der Waals surface area contributed by atoms with Gasteiger partial charge in [0, 0.05) is 5.39 Å². The molecule has 2 rings (SSSR count). The molecule has 0 N–H and O–H groups in total. The second-order valence-corrected chi connectivity index (χ2v) is 13.2. The van der Waals surface area contributed by atoms with E-state index >= 15 is 0 Å². The lowest BCUT2D eigenvalue weighted by Crippen LogP contribution is -2.52. The summed E-state index contributed by atoms with van der Waals surface area (Å²) in [6.45, 7) is 14.3. The second-order valence-electron chi connectivity index (χ2n) is 7.02. The maximum absolute atomic E-state index is 4.88. The van der Waals surface area contributed by atoms with Crippen LogP contribution in [0.1, 0.15) is 47.1 Å². The normalized spacial score (nSPS) is 13.4. The zero-order chi connectivity index (χ0) is 16.5. The average Bonchev–Trinajstić information content (AvgIpc) is 2.82. The summed E-state index contributed by atoms with van der Waals surface area (Å²) in [7, 11) is -1.77. The van der Waals surface area contributed by atoms with Crippen LogP contribution in [0.15, 0.2) is 29.4 Å². The molecule has 1 aromatic heterocycles. The standard InChI is InChI=1S/C18H27BrN2Si/c1-13(2)22(14(3)4,15(5)6)21-18-8-7-16(9-10-19)11-17(18)12-20-21/h7-15H,1-6H3/b10-9+. The monoisotopic (exact) mass is 378 g/mol. The maximum atomic E-state index is 4.88. The van der Waals surface area contributed by atoms with Crippen molar-refractivity contribution in [1.82, 2.24) is 9.45 Å². The third-order valence-corrected chi connectivity index (χ3v) is 11.9. The fourth-order valence-electron chi connectivity index (χ4n) is 4.27. The van der Waals surface area contributed by atoms with Gasteiger partial charge in [-0.05, 0) is 45.4 Å². The summed E-state index contributed by atoms with van der Waals surface area (Å²) in [6, 6.07) is 6.63. The van der Waals surface area contributed by atoms with E-state index in [1.165, 1.54) is 16.5 Å². The predicted molar refractivity (Wildman–Crippen MR) is 104 cm³/mol. The van der Waals surface area contributed by atoms with Gasteiger partial charge in [0.1, 0.15) is 0 Å². The molecule has 2 nitrogen and oxygen atoms in total. The zero-order valence-electron chi connectivity index (χ0n) is 14.5. The molecule has 1 aromatic carbocycles. The summed E-state index contributed by atoms with van der Waals surface area (Å²) in [5.74, 6) is 0. The van der Waals surface area contributed by atoms with E-state index in [1.807, 2.05) is 11.2 Å². The van der Waals surface area contributed by atoms with E-state index in [0.29, 0.717) is 16.6 Å². The Balaban J connectivity index is 2.70. The molecule has 0 saturated heterocycles. The van der Waals surface area contributed by atoms with E-state index in [4.69, 9.17) is 5.10 Å². The fraction of sp³-hybridized carbons (Fsp3) is 0.500. The summed E-state index contributed by atoms with van der Waals surface area (Å²) in [5, 5.41) is 6.11. The molecule has 0 unspecified atom stereocenters. The van der Waals surface area contributed by atoms with E-state index in [0.717, 1.165) is 0 Å². The van der Waals surface area contributed by atoms with Crippen LogP contribution >= 0.6 is 15.9 Å². The Morgan fingerprint density at radius 3 is 2.14 bits per heavy atom. The van der Waals surface area contributed by atoms with Crippen LogP contribution in [0.3, 0.4) is 0 Å². The number of nitrogens with zero attached hydrogens (tertiary/aromatic N) is 2. The lowest BCUT2D eigenvalue weighted by Gasteiger charge is -2.43. The van der Waals surface area contributed by atoms with E-state index in [2.05, 4.69) is 86.1 Å². The largest absolute Gasteiger partial charge is 0.293 e. The molecule has 1 heterocycles. The number of rotatable bonds is 5. The molecular formula is C18H27BrN2Si. The van der Waals surface area contributed by atoms with Crippen LogP contribution in [0, 0.1) is 0 Å². The lowest BCUT2D eigenvalue weighted by atomic mass is 10.2. The predicted octanol–water partition coefficient (Wildman–Crippen LogP) is 6.43. The summed E-state index contributed by atoms with van der Waals surface area (Å²) in [6.07, 6.45) is 4.10. The summed E-state index contributed by atoms with van der Waals surface area (Å²) in [4.78, 5) is 1.90. The van der Waals surface area contributed by atoms with Gasteiger partial charge in [0.05, 0.1) is 11.7 Å². The molecule has 0 aliphatic carbocycles. The van der Waals surface area contributed by atoms with Crippen LogP contribution in [0.25, 0.3) is 17.0 Å². The van der Waals surface area contributed by atoms with Gasteiger partial charge in [-0.15, -0.1) is 0 Å². The molecule has 0 atom stereocenters. The van der Waals surface area contributed by atoms with Crippen molar-refractivity contribution >= 4 is 41.1 Å². The highest BCUT2D eigenvalue weighted by Gasteiger charge is 2.46. The minimum atomic E-state index is -1.77. The molecule has 0 aliphatic rings. The molecule has 22 heavy (non-hydrogen) atoms. The molecule has 2 aromatic rings. The molecular weight excluding hydrogens is 352 g/mol. The number of aromatic nitrogens is 2. The van der Waals surface area contributed by atoms with Crippen molar-refractivity contribution in [3.05, 3.63) is 34.9 Å². The highest BCUT2D eigenvalue weighted by atomic mass is 79.9. The van der Waals surface area contributed by atoms with Gasteiger partial charge in [-0.2, -0.15) is 5.10 Å². The quantitative estimate of drug-likeness (QED) is 0.548. The Bertz CT molecular complexity index is 649. The van der Waals surface area contributed by atoms with Crippen LogP contribution in [0.4, 0.5) is 0 Å². The molecule has 0 aliphatic heterocycles. The van der Waals surface area contributed by atoms with Crippen molar-refractivity contribution in [3.8, 4) is 0 Å². The molecule has 0 radical (unpaired) electrons. The van der Waals surface area contributed by atoms with Crippen molar-refractivity contribution in [2.24, 2.45) is 0 Å². The van der Waals surface area contributed by atoms with Crippen molar-refractivity contribution in [1.29, 1.82) is 0 Å². The first kappa shape index (κ1) is 17.5. The highest BCUT2D eigenvalue weighted by molar-refractivity contribution is 9.11. The van der Waals surface area contributed by atoms with Crippen LogP contribution in [-0.4, -0.2) is 17.7 Å². The average molecular weight is 379 g/mol. The van der Waals surface area contributed by atoms with Gasteiger partial charge in [0.15, 0.2) is 8.24 Å². The van der Waals surface area contributed by atoms with Crippen molar-refractivity contribution in [2.75, 3.05) is 0 Å². The third-order valence-electron chi connectivity index (χ3n) is 4.99. The van der Waals surface area contributed by atoms with Gasteiger partial charge in [0.2, 0.25) is 0 Å². The molecule has 120 valence electrons.